The second-order valence-electron chi connectivity index (χ2n) is 7.21. The van der Waals surface area contributed by atoms with Crippen LogP contribution in [0.15, 0.2) is 64.5 Å². The molecule has 3 atom stereocenters. The summed E-state index contributed by atoms with van der Waals surface area (Å²) in [6.07, 6.45) is 0. The lowest BCUT2D eigenvalue weighted by Crippen LogP contribution is -2.55. The fourth-order valence-corrected chi connectivity index (χ4v) is 5.09. The molecule has 0 spiro atoms. The Morgan fingerprint density at radius 3 is 2.64 bits per heavy atom. The predicted molar refractivity (Wildman–Crippen MR) is 104 cm³/mol. The maximum absolute atomic E-state index is 13.4. The number of hydrogen-bond donors (Lipinski definition) is 2. The predicted octanol–water partition coefficient (Wildman–Crippen LogP) is 2.56. The molecular formula is C20H16BrN3O4. The molecule has 0 saturated carbocycles. The number of rotatable bonds is 2. The van der Waals surface area contributed by atoms with Gasteiger partial charge < -0.3 is 15.3 Å². The molecule has 0 unspecified atom stereocenters. The smallest absolute Gasteiger partial charge is 0.294 e. The summed E-state index contributed by atoms with van der Waals surface area (Å²) in [6.45, 7) is 0.847. The van der Waals surface area contributed by atoms with Gasteiger partial charge in [-0.2, -0.15) is 0 Å². The van der Waals surface area contributed by atoms with Crippen LogP contribution in [0.1, 0.15) is 27.4 Å². The highest BCUT2D eigenvalue weighted by molar-refractivity contribution is 9.10. The minimum Gasteiger partial charge on any atom is -0.366 e. The maximum Gasteiger partial charge on any atom is 0.294 e. The molecule has 0 aromatic heterocycles. The normalized spacial score (nSPS) is 27.9. The Morgan fingerprint density at radius 2 is 1.93 bits per heavy atom. The Kier molecular flexibility index (Phi) is 3.66. The monoisotopic (exact) mass is 441 g/mol. The summed E-state index contributed by atoms with van der Waals surface area (Å²) in [5, 5.41) is 27.1. The highest BCUT2D eigenvalue weighted by atomic mass is 79.9. The van der Waals surface area contributed by atoms with Crippen molar-refractivity contribution in [3.63, 3.8) is 0 Å². The van der Waals surface area contributed by atoms with Gasteiger partial charge in [0.1, 0.15) is 0 Å². The zero-order valence-electron chi connectivity index (χ0n) is 14.6. The lowest BCUT2D eigenvalue weighted by Gasteiger charge is -2.45. The molecule has 0 amide bonds. The molecule has 5 rings (SSSR count). The third-order valence-corrected chi connectivity index (χ3v) is 6.44. The van der Waals surface area contributed by atoms with E-state index in [9.17, 15) is 20.0 Å². The number of ketones is 1. The van der Waals surface area contributed by atoms with Crippen LogP contribution < -0.4 is 5.32 Å². The largest absolute Gasteiger partial charge is 0.366 e. The molecule has 142 valence electrons. The zero-order chi connectivity index (χ0) is 19.6. The van der Waals surface area contributed by atoms with Crippen LogP contribution in [0.4, 0.5) is 0 Å². The summed E-state index contributed by atoms with van der Waals surface area (Å²) < 4.78 is 0.833. The van der Waals surface area contributed by atoms with Gasteiger partial charge in [-0.25, -0.2) is 0 Å². The van der Waals surface area contributed by atoms with Crippen LogP contribution >= 0.6 is 15.9 Å². The standard InChI is InChI=1S/C20H16BrN3O4/c21-12-7-5-11(6-8-12)15-16-18(25)13-3-1-2-4-14(13)20(16,26)23-10-9-22-19(23)17(15)24(27)28/h1-8,15-16,22,26H,9-10H2/t15-,16+,20+/m1/s1. The average Bonchev–Trinajstić information content (AvgIpc) is 3.25. The number of benzene rings is 2. The Bertz CT molecular complexity index is 1050. The molecule has 28 heavy (non-hydrogen) atoms. The molecule has 2 aromatic rings. The summed E-state index contributed by atoms with van der Waals surface area (Å²) >= 11 is 3.38. The van der Waals surface area contributed by atoms with Crippen molar-refractivity contribution < 1.29 is 14.8 Å². The number of nitro groups is 1. The number of carbonyl (C=O) groups is 1. The quantitative estimate of drug-likeness (QED) is 0.549. The first-order valence-electron chi connectivity index (χ1n) is 8.96. The van der Waals surface area contributed by atoms with E-state index in [-0.39, 0.29) is 11.5 Å². The van der Waals surface area contributed by atoms with Crippen LogP contribution in [0.3, 0.4) is 0 Å². The van der Waals surface area contributed by atoms with Gasteiger partial charge in [-0.15, -0.1) is 0 Å². The number of fused-ring (bicyclic) bond motifs is 5. The van der Waals surface area contributed by atoms with Crippen molar-refractivity contribution in [1.82, 2.24) is 10.2 Å². The fraction of sp³-hybridized carbons (Fsp3) is 0.250. The van der Waals surface area contributed by atoms with E-state index in [4.69, 9.17) is 0 Å². The molecule has 1 fully saturated rings. The minimum absolute atomic E-state index is 0.0735. The second kappa shape index (κ2) is 5.89. The number of aliphatic hydroxyl groups is 1. The summed E-state index contributed by atoms with van der Waals surface area (Å²) in [5.41, 5.74) is -0.135. The van der Waals surface area contributed by atoms with Crippen molar-refractivity contribution in [2.45, 2.75) is 11.6 Å². The van der Waals surface area contributed by atoms with Crippen molar-refractivity contribution in [1.29, 1.82) is 0 Å². The highest BCUT2D eigenvalue weighted by Gasteiger charge is 2.65. The molecule has 2 N–H and O–H groups in total. The molecule has 2 aliphatic heterocycles. The lowest BCUT2D eigenvalue weighted by molar-refractivity contribution is -0.438. The highest BCUT2D eigenvalue weighted by Crippen LogP contribution is 2.57. The minimum atomic E-state index is -1.62. The molecule has 1 aliphatic carbocycles. The van der Waals surface area contributed by atoms with Crippen molar-refractivity contribution in [2.24, 2.45) is 5.92 Å². The first-order valence-corrected chi connectivity index (χ1v) is 9.75. The Hall–Kier alpha value is -2.71. The molecule has 0 radical (unpaired) electrons. The van der Waals surface area contributed by atoms with E-state index in [1.165, 1.54) is 0 Å². The Morgan fingerprint density at radius 1 is 1.21 bits per heavy atom. The van der Waals surface area contributed by atoms with Gasteiger partial charge in [-0.05, 0) is 17.7 Å². The van der Waals surface area contributed by atoms with E-state index in [1.807, 2.05) is 0 Å². The number of carbonyl (C=O) groups excluding carboxylic acids is 1. The van der Waals surface area contributed by atoms with Gasteiger partial charge in [0.05, 0.1) is 16.8 Å². The van der Waals surface area contributed by atoms with Crippen molar-refractivity contribution in [2.75, 3.05) is 13.1 Å². The second-order valence-corrected chi connectivity index (χ2v) is 8.13. The summed E-state index contributed by atoms with van der Waals surface area (Å²) in [6, 6.07) is 14.0. The first-order chi connectivity index (χ1) is 13.4. The number of halogens is 1. The Balaban J connectivity index is 1.82. The van der Waals surface area contributed by atoms with Crippen LogP contribution in [-0.2, 0) is 5.72 Å². The topological polar surface area (TPSA) is 95.7 Å². The number of hydrogen-bond acceptors (Lipinski definition) is 6. The van der Waals surface area contributed by atoms with Crippen LogP contribution in [-0.4, -0.2) is 33.8 Å². The van der Waals surface area contributed by atoms with Crippen LogP contribution in [0, 0.1) is 16.0 Å². The lowest BCUT2D eigenvalue weighted by atomic mass is 9.74. The fourth-order valence-electron chi connectivity index (χ4n) is 4.82. The number of Topliss-reactive ketones (excluding diaryl/α,β-unsaturated/α-hetero) is 1. The van der Waals surface area contributed by atoms with E-state index in [1.54, 1.807) is 53.4 Å². The molecular weight excluding hydrogens is 426 g/mol. The van der Waals surface area contributed by atoms with Gasteiger partial charge in [-0.3, -0.25) is 14.9 Å². The van der Waals surface area contributed by atoms with Crippen molar-refractivity contribution in [3.05, 3.63) is 91.3 Å². The number of allylic oxidation sites excluding steroid dienone is 1. The summed E-state index contributed by atoms with van der Waals surface area (Å²) in [4.78, 5) is 26.6. The SMILES string of the molecule is O=C1c2ccccc2[C@]2(O)[C@H]1[C@@H](c1ccc(Br)cc1)C([N+](=O)[O-])=C1NCCN12. The van der Waals surface area contributed by atoms with E-state index in [2.05, 4.69) is 21.2 Å². The van der Waals surface area contributed by atoms with Gasteiger partial charge in [0.25, 0.3) is 5.70 Å². The van der Waals surface area contributed by atoms with Gasteiger partial charge in [-0.1, -0.05) is 52.3 Å². The van der Waals surface area contributed by atoms with Crippen molar-refractivity contribution >= 4 is 21.7 Å². The molecule has 7 nitrogen and oxygen atoms in total. The molecule has 1 saturated heterocycles. The molecule has 8 heteroatoms. The summed E-state index contributed by atoms with van der Waals surface area (Å²) in [7, 11) is 0. The third kappa shape index (κ3) is 2.10. The molecule has 3 aliphatic rings. The van der Waals surface area contributed by atoms with E-state index in [0.29, 0.717) is 35.6 Å². The van der Waals surface area contributed by atoms with E-state index < -0.39 is 22.5 Å². The van der Waals surface area contributed by atoms with Crippen LogP contribution in [0.25, 0.3) is 0 Å². The van der Waals surface area contributed by atoms with Crippen molar-refractivity contribution in [3.8, 4) is 0 Å². The van der Waals surface area contributed by atoms with Crippen LogP contribution in [0.2, 0.25) is 0 Å². The maximum atomic E-state index is 13.4. The number of nitrogens with zero attached hydrogens (tertiary/aromatic N) is 2. The van der Waals surface area contributed by atoms with E-state index >= 15 is 0 Å². The van der Waals surface area contributed by atoms with Gasteiger partial charge >= 0.3 is 0 Å². The average molecular weight is 442 g/mol. The zero-order valence-corrected chi connectivity index (χ0v) is 16.2. The van der Waals surface area contributed by atoms with Crippen LogP contribution in [0.5, 0.6) is 0 Å². The van der Waals surface area contributed by atoms with Gasteiger partial charge in [0, 0.05) is 28.7 Å². The number of nitrogens with one attached hydrogen (secondary N) is 1. The third-order valence-electron chi connectivity index (χ3n) is 5.91. The van der Waals surface area contributed by atoms with Gasteiger partial charge in [0.2, 0.25) is 0 Å². The molecule has 2 aromatic carbocycles. The van der Waals surface area contributed by atoms with E-state index in [0.717, 1.165) is 4.47 Å². The van der Waals surface area contributed by atoms with Gasteiger partial charge in [0.15, 0.2) is 17.3 Å². The molecule has 0 bridgehead atoms. The first kappa shape index (κ1) is 17.4. The molecule has 2 heterocycles. The summed E-state index contributed by atoms with van der Waals surface area (Å²) in [5.74, 6) is -1.84. The Labute approximate surface area is 168 Å².